The molecule has 168 valence electrons. The van der Waals surface area contributed by atoms with Crippen molar-refractivity contribution in [1.29, 1.82) is 0 Å². The minimum absolute atomic E-state index is 0.0576. The van der Waals surface area contributed by atoms with Crippen LogP contribution in [0.3, 0.4) is 0 Å². The molecule has 1 unspecified atom stereocenters. The molecule has 2 aromatic carbocycles. The molecule has 0 bridgehead atoms. The molecule has 2 aromatic rings. The van der Waals surface area contributed by atoms with Crippen molar-refractivity contribution in [3.8, 4) is 11.1 Å². The lowest BCUT2D eigenvalue weighted by Gasteiger charge is -2.36. The highest BCUT2D eigenvalue weighted by atomic mass is 16.5. The molecule has 0 aromatic heterocycles. The number of fused-ring (bicyclic) bond motifs is 3. The molecule has 1 fully saturated rings. The first-order valence-corrected chi connectivity index (χ1v) is 11.0. The summed E-state index contributed by atoms with van der Waals surface area (Å²) in [6, 6.07) is 16.0. The Morgan fingerprint density at radius 1 is 1.03 bits per heavy atom. The molecular formula is C25H28N2O5. The number of rotatable bonds is 7. The van der Waals surface area contributed by atoms with Gasteiger partial charge in [-0.25, -0.2) is 4.79 Å². The Bertz CT molecular complexity index is 1000. The second-order valence-electron chi connectivity index (χ2n) is 8.81. The Hall–Kier alpha value is -3.35. The monoisotopic (exact) mass is 436 g/mol. The van der Waals surface area contributed by atoms with Gasteiger partial charge >= 0.3 is 12.1 Å². The summed E-state index contributed by atoms with van der Waals surface area (Å²) in [6.45, 7) is 3.63. The van der Waals surface area contributed by atoms with Crippen molar-refractivity contribution in [1.82, 2.24) is 10.6 Å². The Balaban J connectivity index is 1.37. The van der Waals surface area contributed by atoms with E-state index in [1.807, 2.05) is 43.3 Å². The zero-order valence-electron chi connectivity index (χ0n) is 18.3. The van der Waals surface area contributed by atoms with Gasteiger partial charge in [-0.15, -0.1) is 0 Å². The summed E-state index contributed by atoms with van der Waals surface area (Å²) in [5.74, 6) is -1.64. The van der Waals surface area contributed by atoms with Crippen LogP contribution in [0.25, 0.3) is 11.1 Å². The summed E-state index contributed by atoms with van der Waals surface area (Å²) in [4.78, 5) is 36.4. The van der Waals surface area contributed by atoms with Gasteiger partial charge in [-0.1, -0.05) is 55.5 Å². The first kappa shape index (κ1) is 21.9. The van der Waals surface area contributed by atoms with E-state index in [9.17, 15) is 14.4 Å². The van der Waals surface area contributed by atoms with Crippen molar-refractivity contribution < 1.29 is 24.2 Å². The van der Waals surface area contributed by atoms with Crippen LogP contribution in [0.15, 0.2) is 48.5 Å². The lowest BCUT2D eigenvalue weighted by molar-refractivity contribution is -0.146. The maximum atomic E-state index is 12.8. The number of carbonyl (C=O) groups is 3. The van der Waals surface area contributed by atoms with Crippen molar-refractivity contribution in [2.45, 2.75) is 50.6 Å². The third kappa shape index (κ3) is 4.07. The van der Waals surface area contributed by atoms with Crippen molar-refractivity contribution in [2.75, 3.05) is 6.61 Å². The molecule has 1 saturated carbocycles. The van der Waals surface area contributed by atoms with E-state index in [1.54, 1.807) is 6.92 Å². The van der Waals surface area contributed by atoms with Gasteiger partial charge in [-0.3, -0.25) is 9.59 Å². The predicted octanol–water partition coefficient (Wildman–Crippen LogP) is 3.67. The van der Waals surface area contributed by atoms with Crippen LogP contribution in [-0.4, -0.2) is 41.3 Å². The minimum Gasteiger partial charge on any atom is -0.481 e. The van der Waals surface area contributed by atoms with Crippen molar-refractivity contribution in [3.05, 3.63) is 59.7 Å². The molecule has 1 atom stereocenters. The van der Waals surface area contributed by atoms with Crippen LogP contribution >= 0.6 is 0 Å². The van der Waals surface area contributed by atoms with Crippen LogP contribution in [0.2, 0.25) is 0 Å². The summed E-state index contributed by atoms with van der Waals surface area (Å²) < 4.78 is 5.57. The largest absolute Gasteiger partial charge is 0.481 e. The molecule has 0 radical (unpaired) electrons. The lowest BCUT2D eigenvalue weighted by atomic mass is 9.80. The van der Waals surface area contributed by atoms with Gasteiger partial charge in [0.15, 0.2) is 0 Å². The number of hydrogen-bond acceptors (Lipinski definition) is 4. The van der Waals surface area contributed by atoms with Gasteiger partial charge < -0.3 is 20.5 Å². The van der Waals surface area contributed by atoms with Crippen LogP contribution in [0.5, 0.6) is 0 Å². The van der Waals surface area contributed by atoms with E-state index in [-0.39, 0.29) is 24.5 Å². The maximum Gasteiger partial charge on any atom is 0.408 e. The Morgan fingerprint density at radius 2 is 1.59 bits per heavy atom. The summed E-state index contributed by atoms with van der Waals surface area (Å²) in [6.07, 6.45) is 0.541. The zero-order chi connectivity index (χ0) is 22.9. The molecular weight excluding hydrogens is 408 g/mol. The van der Waals surface area contributed by atoms with Crippen LogP contribution < -0.4 is 10.6 Å². The van der Waals surface area contributed by atoms with E-state index in [0.717, 1.165) is 22.3 Å². The van der Waals surface area contributed by atoms with E-state index >= 15 is 0 Å². The number of nitrogens with one attached hydrogen (secondary N) is 2. The average molecular weight is 437 g/mol. The normalized spacial score (nSPS) is 20.8. The predicted molar refractivity (Wildman–Crippen MR) is 119 cm³/mol. The van der Waals surface area contributed by atoms with Crippen molar-refractivity contribution in [3.63, 3.8) is 0 Å². The molecule has 3 N–H and O–H groups in total. The number of ether oxygens (including phenoxy) is 1. The quantitative estimate of drug-likeness (QED) is 0.614. The summed E-state index contributed by atoms with van der Waals surface area (Å²) in [7, 11) is 0. The van der Waals surface area contributed by atoms with E-state index in [4.69, 9.17) is 9.84 Å². The molecule has 7 nitrogen and oxygen atoms in total. The van der Waals surface area contributed by atoms with Gasteiger partial charge in [0.05, 0.1) is 5.92 Å². The molecule has 32 heavy (non-hydrogen) atoms. The van der Waals surface area contributed by atoms with Gasteiger partial charge in [0, 0.05) is 12.0 Å². The second kappa shape index (κ2) is 8.65. The minimum atomic E-state index is -1.14. The average Bonchev–Trinajstić information content (AvgIpc) is 3.07. The highest BCUT2D eigenvalue weighted by Crippen LogP contribution is 2.44. The number of aliphatic carboxylic acids is 1. The molecule has 4 rings (SSSR count). The Kier molecular flexibility index (Phi) is 5.91. The number of amides is 2. The summed E-state index contributed by atoms with van der Waals surface area (Å²) in [5, 5.41) is 14.6. The SMILES string of the molecule is CCC(C)(NC(=O)OCC1c2ccccc2-c2ccccc21)C(=O)NC1CC(C(=O)O)C1. The van der Waals surface area contributed by atoms with Crippen LogP contribution in [0, 0.1) is 5.92 Å². The van der Waals surface area contributed by atoms with Gasteiger partial charge in [-0.05, 0) is 48.4 Å². The van der Waals surface area contributed by atoms with Gasteiger partial charge in [-0.2, -0.15) is 0 Å². The van der Waals surface area contributed by atoms with Crippen molar-refractivity contribution in [2.24, 2.45) is 5.92 Å². The fraction of sp³-hybridized carbons (Fsp3) is 0.400. The Labute approximate surface area is 187 Å². The van der Waals surface area contributed by atoms with Crippen molar-refractivity contribution >= 4 is 18.0 Å². The molecule has 0 aliphatic heterocycles. The molecule has 0 heterocycles. The summed E-state index contributed by atoms with van der Waals surface area (Å²) >= 11 is 0. The third-order valence-electron chi connectivity index (χ3n) is 6.75. The first-order valence-electron chi connectivity index (χ1n) is 11.0. The molecule has 7 heteroatoms. The van der Waals surface area contributed by atoms with E-state index in [1.165, 1.54) is 0 Å². The molecule has 2 amide bonds. The molecule has 2 aliphatic carbocycles. The number of hydrogen-bond donors (Lipinski definition) is 3. The van der Waals surface area contributed by atoms with Crippen LogP contribution in [-0.2, 0) is 14.3 Å². The van der Waals surface area contributed by atoms with E-state index in [2.05, 4.69) is 22.8 Å². The Morgan fingerprint density at radius 3 is 2.12 bits per heavy atom. The number of carboxylic acid groups (broad SMARTS) is 1. The highest BCUT2D eigenvalue weighted by Gasteiger charge is 2.40. The number of carboxylic acids is 1. The molecule has 0 saturated heterocycles. The zero-order valence-corrected chi connectivity index (χ0v) is 18.3. The van der Waals surface area contributed by atoms with Gasteiger partial charge in [0.2, 0.25) is 5.91 Å². The van der Waals surface area contributed by atoms with E-state index < -0.39 is 23.5 Å². The maximum absolute atomic E-state index is 12.8. The summed E-state index contributed by atoms with van der Waals surface area (Å²) in [5.41, 5.74) is 3.40. The fourth-order valence-electron chi connectivity index (χ4n) is 4.45. The molecule has 2 aliphatic rings. The highest BCUT2D eigenvalue weighted by molar-refractivity contribution is 5.90. The van der Waals surface area contributed by atoms with Gasteiger partial charge in [0.1, 0.15) is 12.1 Å². The van der Waals surface area contributed by atoms with Gasteiger partial charge in [0.25, 0.3) is 0 Å². The number of benzene rings is 2. The van der Waals surface area contributed by atoms with Crippen LogP contribution in [0.1, 0.15) is 50.2 Å². The fourth-order valence-corrected chi connectivity index (χ4v) is 4.45. The first-order chi connectivity index (χ1) is 15.3. The third-order valence-corrected chi connectivity index (χ3v) is 6.75. The standard InChI is InChI=1S/C25H28N2O5/c1-3-25(2,23(30)26-16-12-15(13-16)22(28)29)27-24(31)32-14-21-19-10-6-4-8-17(19)18-9-5-7-11-20(18)21/h4-11,15-16,21H,3,12-14H2,1-2H3,(H,26,30)(H,27,31)(H,28,29). The number of carbonyl (C=O) groups excluding carboxylic acids is 2. The number of alkyl carbamates (subject to hydrolysis) is 1. The van der Waals surface area contributed by atoms with E-state index in [0.29, 0.717) is 19.3 Å². The lowest BCUT2D eigenvalue weighted by Crippen LogP contribution is -2.60. The molecule has 0 spiro atoms. The topological polar surface area (TPSA) is 105 Å². The van der Waals surface area contributed by atoms with Crippen LogP contribution in [0.4, 0.5) is 4.79 Å². The smallest absolute Gasteiger partial charge is 0.408 e. The second-order valence-corrected chi connectivity index (χ2v) is 8.81.